The van der Waals surface area contributed by atoms with Crippen molar-refractivity contribution < 1.29 is 0 Å². The zero-order valence-electron chi connectivity index (χ0n) is 13.0. The van der Waals surface area contributed by atoms with Crippen molar-refractivity contribution in [2.45, 2.75) is 33.2 Å². The highest BCUT2D eigenvalue weighted by Gasteiger charge is 2.14. The van der Waals surface area contributed by atoms with Gasteiger partial charge in [-0.3, -0.25) is 0 Å². The van der Waals surface area contributed by atoms with Gasteiger partial charge in [0.25, 0.3) is 0 Å². The van der Waals surface area contributed by atoms with E-state index in [1.54, 1.807) is 6.20 Å². The molecule has 0 atom stereocenters. The van der Waals surface area contributed by atoms with E-state index in [-0.39, 0.29) is 0 Å². The van der Waals surface area contributed by atoms with Crippen LogP contribution in [-0.2, 0) is 6.54 Å². The number of nitrogens with zero attached hydrogens (tertiary/aromatic N) is 7. The molecule has 21 heavy (non-hydrogen) atoms. The number of anilines is 2. The first-order valence-electron chi connectivity index (χ1n) is 7.21. The summed E-state index contributed by atoms with van der Waals surface area (Å²) in [6.45, 7) is 5.80. The predicted octanol–water partition coefficient (Wildman–Crippen LogP) is 1.43. The molecule has 0 aliphatic rings. The lowest BCUT2D eigenvalue weighted by molar-refractivity contribution is 0.582. The number of aromatic nitrogens is 6. The fourth-order valence-electron chi connectivity index (χ4n) is 1.80. The van der Waals surface area contributed by atoms with E-state index < -0.39 is 0 Å². The van der Waals surface area contributed by atoms with Gasteiger partial charge in [0, 0.05) is 27.2 Å². The van der Waals surface area contributed by atoms with E-state index >= 15 is 0 Å². The first kappa shape index (κ1) is 15.1. The second kappa shape index (κ2) is 6.96. The second-order valence-electron chi connectivity index (χ2n) is 4.95. The third-order valence-corrected chi connectivity index (χ3v) is 2.84. The van der Waals surface area contributed by atoms with E-state index in [9.17, 15) is 0 Å². The van der Waals surface area contributed by atoms with Crippen LogP contribution in [0.2, 0.25) is 0 Å². The summed E-state index contributed by atoms with van der Waals surface area (Å²) in [4.78, 5) is 15.2. The number of nitrogens with one attached hydrogen (secondary N) is 1. The summed E-state index contributed by atoms with van der Waals surface area (Å²) in [6.07, 6.45) is 3.67. The molecule has 2 aromatic rings. The zero-order valence-corrected chi connectivity index (χ0v) is 13.0. The third-order valence-electron chi connectivity index (χ3n) is 2.84. The van der Waals surface area contributed by atoms with Crippen LogP contribution in [-0.4, -0.2) is 50.6 Å². The van der Waals surface area contributed by atoms with Gasteiger partial charge in [0.15, 0.2) is 5.82 Å². The SMILES string of the molecule is CCCNc1nc(-c2cnnn2CCC)nc(N(C)C)n1. The highest BCUT2D eigenvalue weighted by atomic mass is 15.4. The predicted molar refractivity (Wildman–Crippen MR) is 82.2 cm³/mol. The fraction of sp³-hybridized carbons (Fsp3) is 0.615. The maximum atomic E-state index is 4.49. The highest BCUT2D eigenvalue weighted by Crippen LogP contribution is 2.18. The third kappa shape index (κ3) is 3.65. The van der Waals surface area contributed by atoms with Crippen LogP contribution in [0.3, 0.4) is 0 Å². The van der Waals surface area contributed by atoms with E-state index in [0.717, 1.165) is 31.6 Å². The molecule has 0 aromatic carbocycles. The first-order valence-corrected chi connectivity index (χ1v) is 7.21. The van der Waals surface area contributed by atoms with Gasteiger partial charge in [-0.1, -0.05) is 19.1 Å². The molecule has 8 nitrogen and oxygen atoms in total. The van der Waals surface area contributed by atoms with Crippen molar-refractivity contribution in [3.05, 3.63) is 6.20 Å². The Balaban J connectivity index is 2.41. The minimum Gasteiger partial charge on any atom is -0.354 e. The standard InChI is InChI=1S/C13H22N8/c1-5-7-14-12-16-11(17-13(18-12)20(3)4)10-9-15-19-21(10)8-6-2/h9H,5-8H2,1-4H3,(H,14,16,17,18). The van der Waals surface area contributed by atoms with Gasteiger partial charge in [0.2, 0.25) is 11.9 Å². The Morgan fingerprint density at radius 3 is 2.62 bits per heavy atom. The van der Waals surface area contributed by atoms with Crippen molar-refractivity contribution in [2.75, 3.05) is 30.9 Å². The normalized spacial score (nSPS) is 10.7. The first-order chi connectivity index (χ1) is 10.2. The smallest absolute Gasteiger partial charge is 0.230 e. The van der Waals surface area contributed by atoms with Gasteiger partial charge in [-0.25, -0.2) is 4.68 Å². The van der Waals surface area contributed by atoms with Crippen LogP contribution >= 0.6 is 0 Å². The van der Waals surface area contributed by atoms with Crippen LogP contribution in [0.4, 0.5) is 11.9 Å². The largest absolute Gasteiger partial charge is 0.354 e. The molecule has 0 aliphatic heterocycles. The fourth-order valence-corrected chi connectivity index (χ4v) is 1.80. The molecule has 1 N–H and O–H groups in total. The van der Waals surface area contributed by atoms with Crippen LogP contribution in [0.15, 0.2) is 6.20 Å². The Hall–Kier alpha value is -2.25. The van der Waals surface area contributed by atoms with Gasteiger partial charge in [0.1, 0.15) is 5.69 Å². The van der Waals surface area contributed by atoms with Crippen LogP contribution in [0, 0.1) is 0 Å². The zero-order chi connectivity index (χ0) is 15.2. The molecule has 0 fully saturated rings. The lowest BCUT2D eigenvalue weighted by atomic mass is 10.4. The molecule has 2 heterocycles. The molecule has 0 saturated carbocycles. The topological polar surface area (TPSA) is 84.7 Å². The van der Waals surface area contributed by atoms with Crippen LogP contribution in [0.25, 0.3) is 11.5 Å². The maximum Gasteiger partial charge on any atom is 0.230 e. The van der Waals surface area contributed by atoms with Gasteiger partial charge < -0.3 is 10.2 Å². The molecule has 0 unspecified atom stereocenters. The molecule has 2 rings (SSSR count). The summed E-state index contributed by atoms with van der Waals surface area (Å²) < 4.78 is 1.82. The van der Waals surface area contributed by atoms with E-state index in [2.05, 4.69) is 44.4 Å². The summed E-state index contributed by atoms with van der Waals surface area (Å²) in [7, 11) is 3.81. The Morgan fingerprint density at radius 2 is 1.95 bits per heavy atom. The Labute approximate surface area is 124 Å². The number of hydrogen-bond acceptors (Lipinski definition) is 7. The molecular weight excluding hydrogens is 268 g/mol. The van der Waals surface area contributed by atoms with E-state index in [4.69, 9.17) is 0 Å². The van der Waals surface area contributed by atoms with Crippen LogP contribution in [0.1, 0.15) is 26.7 Å². The average Bonchev–Trinajstić information content (AvgIpc) is 2.93. The lowest BCUT2D eigenvalue weighted by Gasteiger charge is -2.13. The summed E-state index contributed by atoms with van der Waals surface area (Å²) >= 11 is 0. The van der Waals surface area contributed by atoms with Gasteiger partial charge >= 0.3 is 0 Å². The van der Waals surface area contributed by atoms with Gasteiger partial charge in [-0.15, -0.1) is 5.10 Å². The molecule has 0 amide bonds. The van der Waals surface area contributed by atoms with Crippen LogP contribution in [0.5, 0.6) is 0 Å². The van der Waals surface area contributed by atoms with E-state index in [1.807, 2.05) is 23.7 Å². The Morgan fingerprint density at radius 1 is 1.14 bits per heavy atom. The van der Waals surface area contributed by atoms with E-state index in [1.165, 1.54) is 0 Å². The van der Waals surface area contributed by atoms with E-state index in [0.29, 0.717) is 17.7 Å². The molecule has 8 heteroatoms. The van der Waals surface area contributed by atoms with Crippen molar-refractivity contribution in [1.82, 2.24) is 29.9 Å². The summed E-state index contributed by atoms with van der Waals surface area (Å²) in [5, 5.41) is 11.2. The van der Waals surface area contributed by atoms with Crippen molar-refractivity contribution in [1.29, 1.82) is 0 Å². The number of hydrogen-bond donors (Lipinski definition) is 1. The average molecular weight is 290 g/mol. The van der Waals surface area contributed by atoms with Crippen LogP contribution < -0.4 is 10.2 Å². The summed E-state index contributed by atoms with van der Waals surface area (Å²) in [6, 6.07) is 0. The quantitative estimate of drug-likeness (QED) is 0.825. The van der Waals surface area contributed by atoms with Gasteiger partial charge in [-0.2, -0.15) is 15.0 Å². The van der Waals surface area contributed by atoms with Gasteiger partial charge in [0.05, 0.1) is 6.20 Å². The molecule has 0 aliphatic carbocycles. The summed E-state index contributed by atoms with van der Waals surface area (Å²) in [5.41, 5.74) is 0.807. The molecule has 0 bridgehead atoms. The molecule has 2 aromatic heterocycles. The molecule has 0 saturated heterocycles. The number of rotatable bonds is 7. The lowest BCUT2D eigenvalue weighted by Crippen LogP contribution is -2.16. The van der Waals surface area contributed by atoms with Crippen molar-refractivity contribution in [2.24, 2.45) is 0 Å². The maximum absolute atomic E-state index is 4.49. The molecular formula is C13H22N8. The molecule has 114 valence electrons. The highest BCUT2D eigenvalue weighted by molar-refractivity contribution is 5.53. The minimum atomic E-state index is 0.579. The number of aryl methyl sites for hydroxylation is 1. The Kier molecular flexibility index (Phi) is 5.02. The molecule has 0 radical (unpaired) electrons. The van der Waals surface area contributed by atoms with Crippen molar-refractivity contribution in [3.63, 3.8) is 0 Å². The minimum absolute atomic E-state index is 0.579. The van der Waals surface area contributed by atoms with Crippen molar-refractivity contribution in [3.8, 4) is 11.5 Å². The summed E-state index contributed by atoms with van der Waals surface area (Å²) in [5.74, 6) is 1.78. The van der Waals surface area contributed by atoms with Gasteiger partial charge in [-0.05, 0) is 12.8 Å². The molecule has 0 spiro atoms. The second-order valence-corrected chi connectivity index (χ2v) is 4.95. The Bertz CT molecular complexity index is 577. The van der Waals surface area contributed by atoms with Crippen molar-refractivity contribution >= 4 is 11.9 Å². The monoisotopic (exact) mass is 290 g/mol.